The smallest absolute Gasteiger partial charge is 0.267 e. The molecule has 2 N–H and O–H groups in total. The van der Waals surface area contributed by atoms with E-state index in [9.17, 15) is 13.0 Å². The molecule has 0 aromatic rings. The van der Waals surface area contributed by atoms with Gasteiger partial charge in [0.25, 0.3) is 10.1 Å². The molecule has 0 saturated carbocycles. The van der Waals surface area contributed by atoms with Crippen LogP contribution in [0.5, 0.6) is 0 Å². The summed E-state index contributed by atoms with van der Waals surface area (Å²) in [5.74, 6) is 0. The summed E-state index contributed by atoms with van der Waals surface area (Å²) in [7, 11) is -3.87. The van der Waals surface area contributed by atoms with Gasteiger partial charge in [0.1, 0.15) is 0 Å². The summed E-state index contributed by atoms with van der Waals surface area (Å²) >= 11 is 0. The van der Waals surface area contributed by atoms with Crippen LogP contribution >= 0.6 is 0 Å². The maximum Gasteiger partial charge on any atom is 0.267 e. The molecule has 20 heavy (non-hydrogen) atoms. The molecular weight excluding hydrogens is 276 g/mol. The molecule has 0 amide bonds. The Bertz CT molecular complexity index is 301. The topological polar surface area (TPSA) is 74.6 Å². The Hall–Kier alpha value is -0.130. The first-order valence-corrected chi connectivity index (χ1v) is 9.59. The fourth-order valence-corrected chi connectivity index (χ4v) is 3.35. The minimum absolute atomic E-state index is 0.286. The van der Waals surface area contributed by atoms with Crippen molar-refractivity contribution >= 4 is 10.1 Å². The Morgan fingerprint density at radius 3 is 1.70 bits per heavy atom. The lowest BCUT2D eigenvalue weighted by molar-refractivity contribution is 0.282. The van der Waals surface area contributed by atoms with Crippen molar-refractivity contribution in [1.82, 2.24) is 0 Å². The molecule has 0 aromatic carbocycles. The largest absolute Gasteiger partial charge is 0.396 e. The first kappa shape index (κ1) is 19.9. The molecule has 0 aromatic heterocycles. The van der Waals surface area contributed by atoms with Crippen LogP contribution in [0.1, 0.15) is 84.0 Å². The SMILES string of the molecule is CCCCC(CCCCCCCCCCO)S(=O)(=O)O. The van der Waals surface area contributed by atoms with Crippen LogP contribution in [-0.4, -0.2) is 29.9 Å². The Balaban J connectivity index is 3.59. The van der Waals surface area contributed by atoms with Crippen molar-refractivity contribution in [2.45, 2.75) is 89.2 Å². The number of aliphatic hydroxyl groups excluding tert-OH is 1. The zero-order valence-electron chi connectivity index (χ0n) is 12.9. The van der Waals surface area contributed by atoms with E-state index in [4.69, 9.17) is 5.11 Å². The molecule has 4 nitrogen and oxygen atoms in total. The van der Waals surface area contributed by atoms with E-state index in [1.165, 1.54) is 19.3 Å². The molecule has 1 unspecified atom stereocenters. The van der Waals surface area contributed by atoms with E-state index in [0.717, 1.165) is 44.9 Å². The Kier molecular flexibility index (Phi) is 12.5. The lowest BCUT2D eigenvalue weighted by atomic mass is 10.0. The van der Waals surface area contributed by atoms with Crippen molar-refractivity contribution in [3.63, 3.8) is 0 Å². The van der Waals surface area contributed by atoms with Crippen molar-refractivity contribution in [2.75, 3.05) is 6.61 Å². The third-order valence-electron chi connectivity index (χ3n) is 3.74. The molecule has 0 aliphatic carbocycles. The second-order valence-corrected chi connectivity index (χ2v) is 7.32. The van der Waals surface area contributed by atoms with Gasteiger partial charge in [-0.15, -0.1) is 0 Å². The third kappa shape index (κ3) is 11.7. The molecule has 0 saturated heterocycles. The second kappa shape index (κ2) is 12.6. The van der Waals surface area contributed by atoms with Crippen LogP contribution in [-0.2, 0) is 10.1 Å². The average molecular weight is 308 g/mol. The summed E-state index contributed by atoms with van der Waals surface area (Å²) in [4.78, 5) is 0. The summed E-state index contributed by atoms with van der Waals surface area (Å²) in [6, 6.07) is 0. The van der Waals surface area contributed by atoms with Crippen molar-refractivity contribution in [2.24, 2.45) is 0 Å². The molecule has 0 fully saturated rings. The first-order valence-electron chi connectivity index (χ1n) is 8.09. The first-order chi connectivity index (χ1) is 9.52. The van der Waals surface area contributed by atoms with Crippen molar-refractivity contribution in [1.29, 1.82) is 0 Å². The molecule has 5 heteroatoms. The summed E-state index contributed by atoms with van der Waals surface area (Å²) in [5.41, 5.74) is 0. The molecule has 122 valence electrons. The van der Waals surface area contributed by atoms with Crippen molar-refractivity contribution in [3.05, 3.63) is 0 Å². The van der Waals surface area contributed by atoms with Gasteiger partial charge in [0.05, 0.1) is 5.25 Å². The quantitative estimate of drug-likeness (QED) is 0.376. The molecule has 0 aliphatic heterocycles. The molecule has 0 aliphatic rings. The maximum absolute atomic E-state index is 11.2. The highest BCUT2D eigenvalue weighted by molar-refractivity contribution is 7.86. The fraction of sp³-hybridized carbons (Fsp3) is 1.00. The van der Waals surface area contributed by atoms with Crippen LogP contribution < -0.4 is 0 Å². The van der Waals surface area contributed by atoms with Crippen molar-refractivity contribution < 1.29 is 18.1 Å². The van der Waals surface area contributed by atoms with E-state index in [1.54, 1.807) is 0 Å². The van der Waals surface area contributed by atoms with E-state index in [0.29, 0.717) is 12.8 Å². The Morgan fingerprint density at radius 2 is 1.25 bits per heavy atom. The summed E-state index contributed by atoms with van der Waals surface area (Å²) in [5, 5.41) is 8.09. The molecule has 0 radical (unpaired) electrons. The number of rotatable bonds is 14. The zero-order chi connectivity index (χ0) is 15.3. The Morgan fingerprint density at radius 1 is 0.800 bits per heavy atom. The van der Waals surface area contributed by atoms with Crippen LogP contribution in [0.15, 0.2) is 0 Å². The van der Waals surface area contributed by atoms with Gasteiger partial charge >= 0.3 is 0 Å². The van der Waals surface area contributed by atoms with Gasteiger partial charge in [-0.1, -0.05) is 64.7 Å². The van der Waals surface area contributed by atoms with Gasteiger partial charge in [-0.25, -0.2) is 0 Å². The molecule has 0 spiro atoms. The van der Waals surface area contributed by atoms with Gasteiger partial charge in [0, 0.05) is 6.61 Å². The molecule has 0 bridgehead atoms. The zero-order valence-corrected chi connectivity index (χ0v) is 13.7. The van der Waals surface area contributed by atoms with Gasteiger partial charge in [-0.3, -0.25) is 4.55 Å². The summed E-state index contributed by atoms with van der Waals surface area (Å²) in [6.07, 6.45) is 11.6. The predicted molar refractivity (Wildman–Crippen MR) is 83.5 cm³/mol. The normalized spacial score (nSPS) is 13.6. The van der Waals surface area contributed by atoms with Gasteiger partial charge in [-0.2, -0.15) is 8.42 Å². The van der Waals surface area contributed by atoms with Crippen LogP contribution in [0.4, 0.5) is 0 Å². The number of hydrogen-bond acceptors (Lipinski definition) is 3. The minimum atomic E-state index is -3.87. The second-order valence-electron chi connectivity index (χ2n) is 5.62. The molecule has 0 heterocycles. The minimum Gasteiger partial charge on any atom is -0.396 e. The van der Waals surface area contributed by atoms with E-state index in [-0.39, 0.29) is 6.61 Å². The fourth-order valence-electron chi connectivity index (χ4n) is 2.42. The highest BCUT2D eigenvalue weighted by atomic mass is 32.2. The van der Waals surface area contributed by atoms with Gasteiger partial charge in [0.15, 0.2) is 0 Å². The van der Waals surface area contributed by atoms with Crippen molar-refractivity contribution in [3.8, 4) is 0 Å². The van der Waals surface area contributed by atoms with E-state index in [2.05, 4.69) is 0 Å². The average Bonchev–Trinajstić information content (AvgIpc) is 2.38. The molecular formula is C15H32O4S. The van der Waals surface area contributed by atoms with E-state index >= 15 is 0 Å². The summed E-state index contributed by atoms with van der Waals surface area (Å²) < 4.78 is 31.7. The lowest BCUT2D eigenvalue weighted by Crippen LogP contribution is -2.20. The highest BCUT2D eigenvalue weighted by Gasteiger charge is 2.21. The standard InChI is InChI=1S/C15H32O4S/c1-2-3-12-15(20(17,18)19)13-10-8-6-4-5-7-9-11-14-16/h15-16H,2-14H2,1H3,(H,17,18,19). The van der Waals surface area contributed by atoms with Crippen LogP contribution in [0.2, 0.25) is 0 Å². The van der Waals surface area contributed by atoms with Gasteiger partial charge < -0.3 is 5.11 Å². The maximum atomic E-state index is 11.2. The number of hydrogen-bond donors (Lipinski definition) is 2. The third-order valence-corrected chi connectivity index (χ3v) is 5.05. The van der Waals surface area contributed by atoms with Crippen LogP contribution in [0, 0.1) is 0 Å². The van der Waals surface area contributed by atoms with Crippen LogP contribution in [0.3, 0.4) is 0 Å². The number of aliphatic hydroxyl groups is 1. The van der Waals surface area contributed by atoms with Gasteiger partial charge in [-0.05, 0) is 19.3 Å². The highest BCUT2D eigenvalue weighted by Crippen LogP contribution is 2.18. The van der Waals surface area contributed by atoms with E-state index in [1.807, 2.05) is 6.92 Å². The van der Waals surface area contributed by atoms with Gasteiger partial charge in [0.2, 0.25) is 0 Å². The molecule has 0 rings (SSSR count). The number of unbranched alkanes of at least 4 members (excludes halogenated alkanes) is 8. The van der Waals surface area contributed by atoms with Crippen LogP contribution in [0.25, 0.3) is 0 Å². The Labute approximate surface area is 124 Å². The summed E-state index contributed by atoms with van der Waals surface area (Å²) in [6.45, 7) is 2.31. The molecule has 1 atom stereocenters. The lowest BCUT2D eigenvalue weighted by Gasteiger charge is -2.13. The predicted octanol–water partition coefficient (Wildman–Crippen LogP) is 3.94. The van der Waals surface area contributed by atoms with E-state index < -0.39 is 15.4 Å². The monoisotopic (exact) mass is 308 g/mol.